The van der Waals surface area contributed by atoms with Crippen LogP contribution in [0.25, 0.3) is 23.0 Å². The summed E-state index contributed by atoms with van der Waals surface area (Å²) in [5.41, 5.74) is 3.79. The molecular weight excluding hydrogens is 346 g/mol. The monoisotopic (exact) mass is 365 g/mol. The van der Waals surface area contributed by atoms with Gasteiger partial charge in [-0.05, 0) is 19.9 Å². The molecule has 0 amide bonds. The Morgan fingerprint density at radius 3 is 2.42 bits per heavy atom. The van der Waals surface area contributed by atoms with Gasteiger partial charge >= 0.3 is 0 Å². The van der Waals surface area contributed by atoms with E-state index in [1.54, 1.807) is 21.0 Å². The van der Waals surface area contributed by atoms with Crippen LogP contribution in [0.2, 0.25) is 0 Å². The van der Waals surface area contributed by atoms with Crippen molar-refractivity contribution in [2.45, 2.75) is 38.0 Å². The lowest BCUT2D eigenvalue weighted by Gasteiger charge is -2.07. The van der Waals surface area contributed by atoms with E-state index in [1.165, 1.54) is 0 Å². The Balaban J connectivity index is 1.93. The molecule has 3 aromatic heterocycles. The van der Waals surface area contributed by atoms with Crippen molar-refractivity contribution < 1.29 is 0 Å². The summed E-state index contributed by atoms with van der Waals surface area (Å²) in [4.78, 5) is 4.67. The Morgan fingerprint density at radius 2 is 1.77 bits per heavy atom. The van der Waals surface area contributed by atoms with Crippen LogP contribution in [0.5, 0.6) is 0 Å². The standard InChI is InChI=1S/C18H19N7S/c1-11(2)26-16-15(14-8-6-5-7-9-14)19-17-20-21-18(23-25(16)17)24-13(4)10-12(3)22-24/h5-11H,1-4H3. The number of rotatable bonds is 4. The molecule has 0 saturated carbocycles. The third-order valence-corrected chi connectivity index (χ3v) is 4.87. The van der Waals surface area contributed by atoms with E-state index in [2.05, 4.69) is 39.2 Å². The van der Waals surface area contributed by atoms with Crippen LogP contribution in [-0.4, -0.2) is 39.8 Å². The van der Waals surface area contributed by atoms with Gasteiger partial charge in [0.2, 0.25) is 0 Å². The lowest BCUT2D eigenvalue weighted by Crippen LogP contribution is -2.11. The van der Waals surface area contributed by atoms with E-state index in [9.17, 15) is 0 Å². The quantitative estimate of drug-likeness (QED) is 0.516. The van der Waals surface area contributed by atoms with Gasteiger partial charge in [0.25, 0.3) is 11.7 Å². The van der Waals surface area contributed by atoms with E-state index in [0.717, 1.165) is 27.7 Å². The van der Waals surface area contributed by atoms with Gasteiger partial charge in [-0.15, -0.1) is 27.1 Å². The van der Waals surface area contributed by atoms with Crippen molar-refractivity contribution in [3.63, 3.8) is 0 Å². The van der Waals surface area contributed by atoms with Gasteiger partial charge in [-0.25, -0.2) is 9.67 Å². The van der Waals surface area contributed by atoms with Gasteiger partial charge in [-0.3, -0.25) is 0 Å². The van der Waals surface area contributed by atoms with Gasteiger partial charge < -0.3 is 0 Å². The van der Waals surface area contributed by atoms with Crippen molar-refractivity contribution in [1.29, 1.82) is 0 Å². The second-order valence-corrected chi connectivity index (χ2v) is 7.91. The summed E-state index contributed by atoms with van der Waals surface area (Å²) in [6.07, 6.45) is 0. The number of benzene rings is 1. The maximum atomic E-state index is 4.68. The first kappa shape index (κ1) is 16.7. The minimum absolute atomic E-state index is 0.379. The molecule has 0 fully saturated rings. The first-order valence-electron chi connectivity index (χ1n) is 8.42. The molecule has 0 aliphatic rings. The average Bonchev–Trinajstić information content (AvgIpc) is 3.14. The molecule has 4 rings (SSSR count). The number of hydrogen-bond donors (Lipinski definition) is 0. The molecule has 0 aliphatic carbocycles. The SMILES string of the molecule is Cc1cc(C)n(-c2nnc3nc(-c4ccccc4)c(SC(C)C)n3n2)n1. The van der Waals surface area contributed by atoms with Crippen LogP contribution < -0.4 is 0 Å². The van der Waals surface area contributed by atoms with Crippen LogP contribution in [0.3, 0.4) is 0 Å². The Morgan fingerprint density at radius 1 is 1.00 bits per heavy atom. The molecular formula is C18H19N7S. The summed E-state index contributed by atoms with van der Waals surface area (Å²) >= 11 is 1.71. The number of hydrogen-bond acceptors (Lipinski definition) is 6. The fraction of sp³-hybridized carbons (Fsp3) is 0.278. The van der Waals surface area contributed by atoms with Gasteiger partial charge in [0.05, 0.1) is 5.69 Å². The highest BCUT2D eigenvalue weighted by atomic mass is 32.2. The smallest absolute Gasteiger partial charge is 0.207 e. The minimum Gasteiger partial charge on any atom is -0.207 e. The predicted octanol–water partition coefficient (Wildman–Crippen LogP) is 3.49. The van der Waals surface area contributed by atoms with Crippen molar-refractivity contribution in [1.82, 2.24) is 34.6 Å². The molecule has 26 heavy (non-hydrogen) atoms. The number of imidazole rings is 1. The van der Waals surface area contributed by atoms with Crippen LogP contribution in [0.4, 0.5) is 0 Å². The Labute approximate surface area is 155 Å². The summed E-state index contributed by atoms with van der Waals surface area (Å²) in [6.45, 7) is 8.21. The van der Waals surface area contributed by atoms with E-state index >= 15 is 0 Å². The largest absolute Gasteiger partial charge is 0.287 e. The van der Waals surface area contributed by atoms with Gasteiger partial charge in [0, 0.05) is 16.5 Å². The molecule has 4 aromatic rings. The average molecular weight is 365 g/mol. The molecule has 0 unspecified atom stereocenters. The van der Waals surface area contributed by atoms with Crippen molar-refractivity contribution >= 4 is 17.5 Å². The zero-order valence-electron chi connectivity index (χ0n) is 15.1. The fourth-order valence-corrected chi connectivity index (χ4v) is 3.71. The van der Waals surface area contributed by atoms with Crippen LogP contribution in [0.15, 0.2) is 41.4 Å². The van der Waals surface area contributed by atoms with E-state index in [0.29, 0.717) is 17.0 Å². The zero-order chi connectivity index (χ0) is 18.3. The number of nitrogens with zero attached hydrogens (tertiary/aromatic N) is 7. The minimum atomic E-state index is 0.379. The third kappa shape index (κ3) is 2.96. The van der Waals surface area contributed by atoms with Crippen molar-refractivity contribution in [2.75, 3.05) is 0 Å². The van der Waals surface area contributed by atoms with Crippen LogP contribution in [0, 0.1) is 13.8 Å². The molecule has 0 saturated heterocycles. The van der Waals surface area contributed by atoms with Gasteiger partial charge in [0.1, 0.15) is 10.7 Å². The summed E-state index contributed by atoms with van der Waals surface area (Å²) in [5.74, 6) is 0.919. The topological polar surface area (TPSA) is 73.8 Å². The normalized spacial score (nSPS) is 11.6. The molecule has 0 aliphatic heterocycles. The van der Waals surface area contributed by atoms with Crippen molar-refractivity contribution in [3.05, 3.63) is 47.8 Å². The summed E-state index contributed by atoms with van der Waals surface area (Å²) < 4.78 is 3.47. The number of aromatic nitrogens is 7. The Kier molecular flexibility index (Phi) is 4.20. The molecule has 132 valence electrons. The highest BCUT2D eigenvalue weighted by Gasteiger charge is 2.19. The van der Waals surface area contributed by atoms with Crippen LogP contribution in [-0.2, 0) is 0 Å². The first-order valence-corrected chi connectivity index (χ1v) is 9.30. The van der Waals surface area contributed by atoms with Crippen LogP contribution in [0.1, 0.15) is 25.2 Å². The van der Waals surface area contributed by atoms with E-state index in [4.69, 9.17) is 0 Å². The second-order valence-electron chi connectivity index (χ2n) is 6.35. The van der Waals surface area contributed by atoms with Gasteiger partial charge in [0.15, 0.2) is 0 Å². The lowest BCUT2D eigenvalue weighted by molar-refractivity contribution is 0.681. The van der Waals surface area contributed by atoms with E-state index in [-0.39, 0.29) is 0 Å². The Hall–Kier alpha value is -2.74. The molecule has 8 heteroatoms. The molecule has 0 atom stereocenters. The summed E-state index contributed by atoms with van der Waals surface area (Å²) in [7, 11) is 0. The second kappa shape index (κ2) is 6.53. The summed E-state index contributed by atoms with van der Waals surface area (Å²) in [6, 6.07) is 12.1. The highest BCUT2D eigenvalue weighted by Crippen LogP contribution is 2.33. The van der Waals surface area contributed by atoms with Gasteiger partial charge in [-0.2, -0.15) is 9.61 Å². The van der Waals surface area contributed by atoms with E-state index in [1.807, 2.05) is 50.2 Å². The molecule has 0 radical (unpaired) electrons. The van der Waals surface area contributed by atoms with Crippen molar-refractivity contribution in [2.24, 2.45) is 0 Å². The number of fused-ring (bicyclic) bond motifs is 1. The molecule has 1 aromatic carbocycles. The number of thioether (sulfide) groups is 1. The maximum absolute atomic E-state index is 4.68. The molecule has 0 N–H and O–H groups in total. The maximum Gasteiger partial charge on any atom is 0.287 e. The lowest BCUT2D eigenvalue weighted by atomic mass is 10.2. The molecule has 0 bridgehead atoms. The Bertz CT molecular complexity index is 1070. The molecule has 3 heterocycles. The fourth-order valence-electron chi connectivity index (χ4n) is 2.77. The summed E-state index contributed by atoms with van der Waals surface area (Å²) in [5, 5.41) is 19.0. The van der Waals surface area contributed by atoms with E-state index < -0.39 is 0 Å². The molecule has 7 nitrogen and oxygen atoms in total. The third-order valence-electron chi connectivity index (χ3n) is 3.81. The first-order chi connectivity index (χ1) is 12.5. The van der Waals surface area contributed by atoms with Crippen LogP contribution >= 0.6 is 11.8 Å². The number of aryl methyl sites for hydroxylation is 2. The zero-order valence-corrected chi connectivity index (χ0v) is 15.9. The predicted molar refractivity (Wildman–Crippen MR) is 102 cm³/mol. The molecule has 0 spiro atoms. The van der Waals surface area contributed by atoms with Crippen molar-refractivity contribution in [3.8, 4) is 17.2 Å². The highest BCUT2D eigenvalue weighted by molar-refractivity contribution is 7.99. The van der Waals surface area contributed by atoms with Gasteiger partial charge in [-0.1, -0.05) is 44.2 Å².